The number of nitrogens with zero attached hydrogens (tertiary/aromatic N) is 4. The number of anilines is 2. The van der Waals surface area contributed by atoms with Gasteiger partial charge >= 0.3 is 0 Å². The summed E-state index contributed by atoms with van der Waals surface area (Å²) in [6.07, 6.45) is 3.81. The van der Waals surface area contributed by atoms with Crippen LogP contribution in [0.25, 0.3) is 11.3 Å². The summed E-state index contributed by atoms with van der Waals surface area (Å²) in [7, 11) is 0. The molecule has 0 radical (unpaired) electrons. The summed E-state index contributed by atoms with van der Waals surface area (Å²) < 4.78 is 11.2. The molecule has 5 rings (SSSR count). The van der Waals surface area contributed by atoms with E-state index in [4.69, 9.17) is 9.47 Å². The first-order valence-electron chi connectivity index (χ1n) is 10.9. The van der Waals surface area contributed by atoms with Gasteiger partial charge in [0.1, 0.15) is 23.4 Å². The molecule has 0 saturated carbocycles. The first-order valence-corrected chi connectivity index (χ1v) is 12.6. The van der Waals surface area contributed by atoms with Crippen LogP contribution in [0.5, 0.6) is 5.75 Å². The third kappa shape index (κ3) is 4.75. The van der Waals surface area contributed by atoms with Crippen molar-refractivity contribution in [3.63, 3.8) is 0 Å². The van der Waals surface area contributed by atoms with Crippen LogP contribution in [0.1, 0.15) is 42.3 Å². The second-order valence-electron chi connectivity index (χ2n) is 7.82. The maximum absolute atomic E-state index is 12.7. The quantitative estimate of drug-likeness (QED) is 0.542. The summed E-state index contributed by atoms with van der Waals surface area (Å²) in [4.78, 5) is 31.5. The summed E-state index contributed by atoms with van der Waals surface area (Å²) in [5.41, 5.74) is 2.28. The van der Waals surface area contributed by atoms with Crippen LogP contribution in [0.2, 0.25) is 0 Å². The highest BCUT2D eigenvalue weighted by atomic mass is 32.1. The Kier molecular flexibility index (Phi) is 6.34. The van der Waals surface area contributed by atoms with Crippen LogP contribution < -0.4 is 15.0 Å². The Morgan fingerprint density at radius 3 is 3.06 bits per heavy atom. The average Bonchev–Trinajstić information content (AvgIpc) is 3.57. The number of aromatic nitrogens is 3. The van der Waals surface area contributed by atoms with Crippen LogP contribution in [0.3, 0.4) is 0 Å². The largest absolute Gasteiger partial charge is 0.482 e. The van der Waals surface area contributed by atoms with Crippen LogP contribution in [-0.4, -0.2) is 46.8 Å². The highest BCUT2D eigenvalue weighted by Gasteiger charge is 2.29. The van der Waals surface area contributed by atoms with E-state index in [-0.39, 0.29) is 31.1 Å². The lowest BCUT2D eigenvalue weighted by Gasteiger charge is -2.29. The number of hydrogen-bond acceptors (Lipinski definition) is 9. The van der Waals surface area contributed by atoms with E-state index in [1.54, 1.807) is 11.3 Å². The van der Waals surface area contributed by atoms with Gasteiger partial charge in [-0.15, -0.1) is 21.5 Å². The number of nitrogens with one attached hydrogen (secondary N) is 1. The Morgan fingerprint density at radius 2 is 2.24 bits per heavy atom. The van der Waals surface area contributed by atoms with Crippen molar-refractivity contribution < 1.29 is 19.1 Å². The average molecular weight is 486 g/mol. The van der Waals surface area contributed by atoms with Gasteiger partial charge in [-0.2, -0.15) is 0 Å². The lowest BCUT2D eigenvalue weighted by Crippen LogP contribution is -2.43. The first-order chi connectivity index (χ1) is 16.1. The van der Waals surface area contributed by atoms with E-state index in [1.807, 2.05) is 23.6 Å². The predicted molar refractivity (Wildman–Crippen MR) is 126 cm³/mol. The normalized spacial score (nSPS) is 17.7. The summed E-state index contributed by atoms with van der Waals surface area (Å²) in [5.74, 6) is -0.0701. The molecule has 2 aliphatic heterocycles. The zero-order valence-electron chi connectivity index (χ0n) is 18.1. The number of amides is 2. The standard InChI is InChI=1S/C22H23N5O4S2/c1-2-4-19-23-14(12-32-19)13-6-7-16-15(9-13)27(20(29)11-31-16)10-18(28)24-22-26-25-21(33-22)17-5-3-8-30-17/h6-7,9,12,17H,2-5,8,10-11H2,1H3,(H,24,26,28). The molecular formula is C22H23N5O4S2. The Balaban J connectivity index is 1.32. The topological polar surface area (TPSA) is 107 Å². The summed E-state index contributed by atoms with van der Waals surface area (Å²) in [6, 6.07) is 5.59. The summed E-state index contributed by atoms with van der Waals surface area (Å²) >= 11 is 2.92. The number of carbonyl (C=O) groups excluding carboxylic acids is 2. The molecule has 1 atom stereocenters. The van der Waals surface area contributed by atoms with E-state index in [0.29, 0.717) is 23.2 Å². The monoisotopic (exact) mass is 485 g/mol. The molecule has 1 N–H and O–H groups in total. The molecule has 9 nitrogen and oxygen atoms in total. The number of fused-ring (bicyclic) bond motifs is 1. The van der Waals surface area contributed by atoms with Gasteiger partial charge in [0.2, 0.25) is 11.0 Å². The van der Waals surface area contributed by atoms with Crippen molar-refractivity contribution in [3.05, 3.63) is 33.6 Å². The summed E-state index contributed by atoms with van der Waals surface area (Å²) in [5, 5.41) is 15.2. The fraction of sp³-hybridized carbons (Fsp3) is 0.409. The maximum atomic E-state index is 12.7. The predicted octanol–water partition coefficient (Wildman–Crippen LogP) is 3.83. The molecule has 3 aromatic rings. The third-order valence-electron chi connectivity index (χ3n) is 5.41. The van der Waals surface area contributed by atoms with E-state index < -0.39 is 0 Å². The number of ether oxygens (including phenoxy) is 2. The summed E-state index contributed by atoms with van der Waals surface area (Å²) in [6.45, 7) is 2.58. The number of aryl methyl sites for hydroxylation is 1. The molecule has 172 valence electrons. The third-order valence-corrected chi connectivity index (χ3v) is 7.25. The lowest BCUT2D eigenvalue weighted by molar-refractivity contribution is -0.123. The smallest absolute Gasteiger partial charge is 0.265 e. The van der Waals surface area contributed by atoms with Gasteiger partial charge in [0.25, 0.3) is 5.91 Å². The zero-order valence-corrected chi connectivity index (χ0v) is 19.7. The van der Waals surface area contributed by atoms with Crippen LogP contribution in [0.15, 0.2) is 23.6 Å². The molecule has 1 saturated heterocycles. The highest BCUT2D eigenvalue weighted by molar-refractivity contribution is 7.15. The minimum Gasteiger partial charge on any atom is -0.482 e. The van der Waals surface area contributed by atoms with E-state index in [9.17, 15) is 9.59 Å². The molecule has 2 aliphatic rings. The molecule has 1 unspecified atom stereocenters. The number of benzene rings is 1. The Labute approximate surface area is 198 Å². The molecule has 11 heteroatoms. The zero-order chi connectivity index (χ0) is 22.8. The molecule has 2 amide bonds. The van der Waals surface area contributed by atoms with Crippen molar-refractivity contribution in [3.8, 4) is 17.0 Å². The number of rotatable bonds is 7. The molecule has 0 spiro atoms. The number of carbonyl (C=O) groups is 2. The molecule has 0 aliphatic carbocycles. The van der Waals surface area contributed by atoms with Gasteiger partial charge in [-0.25, -0.2) is 4.98 Å². The molecule has 1 fully saturated rings. The molecule has 4 heterocycles. The number of hydrogen-bond donors (Lipinski definition) is 1. The van der Waals surface area contributed by atoms with Crippen LogP contribution in [-0.2, 0) is 20.7 Å². The first kappa shape index (κ1) is 21.9. The number of thiazole rings is 1. The van der Waals surface area contributed by atoms with Crippen LogP contribution >= 0.6 is 22.7 Å². The molecular weight excluding hydrogens is 462 g/mol. The van der Waals surface area contributed by atoms with Gasteiger partial charge < -0.3 is 9.47 Å². The second kappa shape index (κ2) is 9.54. The second-order valence-corrected chi connectivity index (χ2v) is 9.77. The minimum atomic E-state index is -0.351. The van der Waals surface area contributed by atoms with E-state index >= 15 is 0 Å². The Morgan fingerprint density at radius 1 is 1.33 bits per heavy atom. The van der Waals surface area contributed by atoms with Crippen molar-refractivity contribution >= 4 is 45.3 Å². The van der Waals surface area contributed by atoms with Crippen molar-refractivity contribution in [2.45, 2.75) is 38.7 Å². The van der Waals surface area contributed by atoms with Gasteiger partial charge in [-0.05, 0) is 43.9 Å². The minimum absolute atomic E-state index is 0.0529. The SMILES string of the molecule is CCCc1nc(-c2ccc3c(c2)N(CC(=O)Nc2nnc(C4CCCO4)s2)C(=O)CO3)cs1. The van der Waals surface area contributed by atoms with Crippen molar-refractivity contribution in [1.82, 2.24) is 15.2 Å². The van der Waals surface area contributed by atoms with Crippen molar-refractivity contribution in [2.75, 3.05) is 30.0 Å². The van der Waals surface area contributed by atoms with Gasteiger partial charge in [0.15, 0.2) is 6.61 Å². The molecule has 33 heavy (non-hydrogen) atoms. The Bertz CT molecular complexity index is 1170. The molecule has 2 aromatic heterocycles. The van der Waals surface area contributed by atoms with Gasteiger partial charge in [-0.1, -0.05) is 18.3 Å². The fourth-order valence-electron chi connectivity index (χ4n) is 3.80. The van der Waals surface area contributed by atoms with Gasteiger partial charge in [0, 0.05) is 17.6 Å². The fourth-order valence-corrected chi connectivity index (χ4v) is 5.55. The molecule has 1 aromatic carbocycles. The van der Waals surface area contributed by atoms with Crippen LogP contribution in [0.4, 0.5) is 10.8 Å². The van der Waals surface area contributed by atoms with Crippen molar-refractivity contribution in [2.24, 2.45) is 0 Å². The maximum Gasteiger partial charge on any atom is 0.265 e. The van der Waals surface area contributed by atoms with E-state index in [1.165, 1.54) is 16.2 Å². The molecule has 0 bridgehead atoms. The van der Waals surface area contributed by atoms with E-state index in [0.717, 1.165) is 47.0 Å². The van der Waals surface area contributed by atoms with Crippen LogP contribution in [0, 0.1) is 0 Å². The highest BCUT2D eigenvalue weighted by Crippen LogP contribution is 2.37. The van der Waals surface area contributed by atoms with Crippen molar-refractivity contribution in [1.29, 1.82) is 0 Å². The van der Waals surface area contributed by atoms with E-state index in [2.05, 4.69) is 27.4 Å². The Hall–Kier alpha value is -2.89. The van der Waals surface area contributed by atoms with Gasteiger partial charge in [0.05, 0.1) is 16.4 Å². The van der Waals surface area contributed by atoms with Gasteiger partial charge in [-0.3, -0.25) is 19.8 Å². The lowest BCUT2D eigenvalue weighted by atomic mass is 10.1.